The van der Waals surface area contributed by atoms with Gasteiger partial charge in [0.05, 0.1) is 5.52 Å². The van der Waals surface area contributed by atoms with Gasteiger partial charge in [0.2, 0.25) is 5.95 Å². The van der Waals surface area contributed by atoms with Crippen molar-refractivity contribution >= 4 is 34.0 Å². The van der Waals surface area contributed by atoms with Crippen LogP contribution in [0.5, 0.6) is 0 Å². The Kier molecular flexibility index (Phi) is 3.47. The fourth-order valence-electron chi connectivity index (χ4n) is 3.85. The maximum absolute atomic E-state index is 6.07. The van der Waals surface area contributed by atoms with E-state index in [4.69, 9.17) is 11.5 Å². The third-order valence-electron chi connectivity index (χ3n) is 5.09. The van der Waals surface area contributed by atoms with Gasteiger partial charge in [-0.1, -0.05) is 42.5 Å². The summed E-state index contributed by atoms with van der Waals surface area (Å²) >= 11 is 0. The predicted octanol–water partition coefficient (Wildman–Crippen LogP) is 4.04. The van der Waals surface area contributed by atoms with Crippen LogP contribution in [0.25, 0.3) is 10.9 Å². The highest BCUT2D eigenvalue weighted by atomic mass is 15.1. The van der Waals surface area contributed by atoms with Crippen LogP contribution in [0.15, 0.2) is 66.7 Å². The largest absolute Gasteiger partial charge is 0.383 e. The van der Waals surface area contributed by atoms with Crippen molar-refractivity contribution in [3.63, 3.8) is 0 Å². The van der Waals surface area contributed by atoms with Crippen molar-refractivity contribution in [2.75, 3.05) is 16.4 Å². The lowest BCUT2D eigenvalue weighted by Crippen LogP contribution is -2.22. The zero-order valence-corrected chi connectivity index (χ0v) is 14.8. The first-order valence-electron chi connectivity index (χ1n) is 8.94. The van der Waals surface area contributed by atoms with Gasteiger partial charge in [0.1, 0.15) is 5.82 Å². The number of anilines is 4. The summed E-state index contributed by atoms with van der Waals surface area (Å²) in [6.45, 7) is 0.744. The van der Waals surface area contributed by atoms with Gasteiger partial charge in [0.15, 0.2) is 0 Å². The minimum Gasteiger partial charge on any atom is -0.383 e. The van der Waals surface area contributed by atoms with Gasteiger partial charge in [-0.15, -0.1) is 0 Å². The molecule has 5 nitrogen and oxygen atoms in total. The Balaban J connectivity index is 1.61. The molecule has 0 saturated heterocycles. The van der Waals surface area contributed by atoms with E-state index in [-0.39, 0.29) is 5.95 Å². The van der Waals surface area contributed by atoms with Crippen molar-refractivity contribution in [3.8, 4) is 0 Å². The lowest BCUT2D eigenvalue weighted by molar-refractivity contribution is 0.927. The second-order valence-electron chi connectivity index (χ2n) is 6.84. The van der Waals surface area contributed by atoms with Crippen LogP contribution >= 0.6 is 0 Å². The molecular formula is C22H19N5. The second kappa shape index (κ2) is 5.99. The number of nitrogens with two attached hydrogens (primary N) is 2. The summed E-state index contributed by atoms with van der Waals surface area (Å²) in [4.78, 5) is 10.7. The molecule has 0 saturated carbocycles. The highest BCUT2D eigenvalue weighted by Crippen LogP contribution is 2.39. The molecule has 4 N–H and O–H groups in total. The Morgan fingerprint density at radius 3 is 2.19 bits per heavy atom. The van der Waals surface area contributed by atoms with E-state index in [1.165, 1.54) is 22.5 Å². The number of benzene rings is 3. The molecule has 2 heterocycles. The topological polar surface area (TPSA) is 81.1 Å². The number of aromatic nitrogens is 2. The summed E-state index contributed by atoms with van der Waals surface area (Å²) in [6, 6.07) is 23.3. The Morgan fingerprint density at radius 2 is 1.48 bits per heavy atom. The predicted molar refractivity (Wildman–Crippen MR) is 110 cm³/mol. The lowest BCUT2D eigenvalue weighted by Gasteiger charge is -2.33. The van der Waals surface area contributed by atoms with E-state index in [0.717, 1.165) is 29.4 Å². The van der Waals surface area contributed by atoms with Gasteiger partial charge in [-0.3, -0.25) is 0 Å². The highest BCUT2D eigenvalue weighted by molar-refractivity contribution is 5.89. The van der Waals surface area contributed by atoms with Gasteiger partial charge in [-0.25, -0.2) is 4.98 Å². The molecule has 0 atom stereocenters. The van der Waals surface area contributed by atoms with Crippen LogP contribution in [0.2, 0.25) is 0 Å². The fourth-order valence-corrected chi connectivity index (χ4v) is 3.85. The summed E-state index contributed by atoms with van der Waals surface area (Å²) in [7, 11) is 0. The molecule has 0 aliphatic carbocycles. The number of nitrogens with zero attached hydrogens (tertiary/aromatic N) is 3. The van der Waals surface area contributed by atoms with Gasteiger partial charge in [-0.2, -0.15) is 4.98 Å². The summed E-state index contributed by atoms with van der Waals surface area (Å²) in [5.41, 5.74) is 18.9. The summed E-state index contributed by atoms with van der Waals surface area (Å²) in [6.07, 6.45) is 0.959. The molecule has 0 bridgehead atoms. The van der Waals surface area contributed by atoms with Crippen LogP contribution in [0.3, 0.4) is 0 Å². The SMILES string of the molecule is Nc1nc(N)c2cc(CN3c4ccccc4Cc4ccccc43)ccc2n1. The van der Waals surface area contributed by atoms with Crippen molar-refractivity contribution in [3.05, 3.63) is 83.4 Å². The van der Waals surface area contributed by atoms with Gasteiger partial charge in [0.25, 0.3) is 0 Å². The molecule has 1 aliphatic rings. The number of hydrogen-bond donors (Lipinski definition) is 2. The van der Waals surface area contributed by atoms with Crippen LogP contribution in [-0.4, -0.2) is 9.97 Å². The molecule has 5 rings (SSSR count). The number of para-hydroxylation sites is 2. The standard InChI is InChI=1S/C22H19N5/c23-21-17-11-14(9-10-18(17)25-22(24)26-21)13-27-19-7-3-1-5-15(19)12-16-6-2-4-8-20(16)27/h1-11H,12-13H2,(H4,23,24,25,26). The van der Waals surface area contributed by atoms with Crippen LogP contribution in [-0.2, 0) is 13.0 Å². The quantitative estimate of drug-likeness (QED) is 0.568. The Morgan fingerprint density at radius 1 is 0.815 bits per heavy atom. The number of nitrogen functional groups attached to an aromatic ring is 2. The molecule has 3 aromatic carbocycles. The van der Waals surface area contributed by atoms with Crippen LogP contribution < -0.4 is 16.4 Å². The average molecular weight is 353 g/mol. The van der Waals surface area contributed by atoms with E-state index in [0.29, 0.717) is 5.82 Å². The Hall–Kier alpha value is -3.60. The smallest absolute Gasteiger partial charge is 0.222 e. The minimum atomic E-state index is 0.201. The molecule has 4 aromatic rings. The zero-order valence-electron chi connectivity index (χ0n) is 14.8. The molecule has 0 amide bonds. The highest BCUT2D eigenvalue weighted by Gasteiger charge is 2.22. The minimum absolute atomic E-state index is 0.201. The monoisotopic (exact) mass is 353 g/mol. The first-order chi connectivity index (χ1) is 13.2. The van der Waals surface area contributed by atoms with E-state index in [9.17, 15) is 0 Å². The first kappa shape index (κ1) is 15.6. The maximum atomic E-state index is 6.07. The van der Waals surface area contributed by atoms with Crippen LogP contribution in [0.1, 0.15) is 16.7 Å². The first-order valence-corrected chi connectivity index (χ1v) is 8.94. The number of fused-ring (bicyclic) bond motifs is 3. The molecular weight excluding hydrogens is 334 g/mol. The van der Waals surface area contributed by atoms with Gasteiger partial charge in [-0.05, 0) is 41.0 Å². The molecule has 0 unspecified atom stereocenters. The van der Waals surface area contributed by atoms with E-state index >= 15 is 0 Å². The third kappa shape index (κ3) is 2.64. The van der Waals surface area contributed by atoms with E-state index in [1.54, 1.807) is 0 Å². The van der Waals surface area contributed by atoms with Crippen molar-refractivity contribution in [2.45, 2.75) is 13.0 Å². The van der Waals surface area contributed by atoms with Crippen molar-refractivity contribution in [2.24, 2.45) is 0 Å². The molecule has 0 radical (unpaired) electrons. The summed E-state index contributed by atoms with van der Waals surface area (Å²) in [5.74, 6) is 0.616. The van der Waals surface area contributed by atoms with Crippen molar-refractivity contribution in [1.82, 2.24) is 9.97 Å². The molecule has 132 valence electrons. The van der Waals surface area contributed by atoms with Crippen molar-refractivity contribution < 1.29 is 0 Å². The van der Waals surface area contributed by atoms with Gasteiger partial charge >= 0.3 is 0 Å². The summed E-state index contributed by atoms with van der Waals surface area (Å²) < 4.78 is 0. The maximum Gasteiger partial charge on any atom is 0.222 e. The molecule has 1 aliphatic heterocycles. The van der Waals surface area contributed by atoms with Crippen LogP contribution in [0.4, 0.5) is 23.1 Å². The zero-order chi connectivity index (χ0) is 18.4. The van der Waals surface area contributed by atoms with E-state index in [1.807, 2.05) is 6.07 Å². The number of hydrogen-bond acceptors (Lipinski definition) is 5. The summed E-state index contributed by atoms with van der Waals surface area (Å²) in [5, 5.41) is 0.834. The third-order valence-corrected chi connectivity index (χ3v) is 5.09. The molecule has 0 spiro atoms. The average Bonchev–Trinajstić information content (AvgIpc) is 2.68. The fraction of sp³-hybridized carbons (Fsp3) is 0.0909. The molecule has 1 aromatic heterocycles. The number of rotatable bonds is 2. The van der Waals surface area contributed by atoms with E-state index in [2.05, 4.69) is 75.5 Å². The van der Waals surface area contributed by atoms with Crippen molar-refractivity contribution in [1.29, 1.82) is 0 Å². The lowest BCUT2D eigenvalue weighted by atomic mass is 9.95. The van der Waals surface area contributed by atoms with Gasteiger partial charge < -0.3 is 16.4 Å². The second-order valence-corrected chi connectivity index (χ2v) is 6.84. The molecule has 0 fully saturated rings. The Labute approximate surface area is 157 Å². The molecule has 27 heavy (non-hydrogen) atoms. The normalized spacial score (nSPS) is 12.7. The van der Waals surface area contributed by atoms with E-state index < -0.39 is 0 Å². The Bertz CT molecular complexity index is 1120. The van der Waals surface area contributed by atoms with Crippen LogP contribution in [0, 0.1) is 0 Å². The van der Waals surface area contributed by atoms with Gasteiger partial charge in [0, 0.05) is 29.7 Å². The molecule has 5 heteroatoms.